The van der Waals surface area contributed by atoms with Gasteiger partial charge in [0, 0.05) is 25.9 Å². The maximum Gasteiger partial charge on any atom is 0.167 e. The van der Waals surface area contributed by atoms with Crippen LogP contribution in [0, 0.1) is 0 Å². The summed E-state index contributed by atoms with van der Waals surface area (Å²) < 4.78 is 30.1. The smallest absolute Gasteiger partial charge is 0.167 e. The molecular formula is C12H24BO4PS2. The summed E-state index contributed by atoms with van der Waals surface area (Å²) in [5.41, 5.74) is 0. The molecule has 1 heterocycles. The van der Waals surface area contributed by atoms with E-state index in [2.05, 4.69) is 20.8 Å². The maximum atomic E-state index is 7.55. The third-order valence-electron chi connectivity index (χ3n) is 2.49. The summed E-state index contributed by atoms with van der Waals surface area (Å²) in [4.78, 5) is 0. The molecule has 0 spiro atoms. The van der Waals surface area contributed by atoms with E-state index in [4.69, 9.17) is 27.7 Å². The molecule has 2 radical (unpaired) electrons. The fourth-order valence-corrected chi connectivity index (χ4v) is 4.26. The van der Waals surface area contributed by atoms with Crippen LogP contribution in [0.2, 0.25) is 0 Å². The molecule has 4 nitrogen and oxygen atoms in total. The Morgan fingerprint density at radius 2 is 2.10 bits per heavy atom. The first-order chi connectivity index (χ1) is 9.78. The maximum absolute atomic E-state index is 7.55. The predicted octanol–water partition coefficient (Wildman–Crippen LogP) is 3.40. The van der Waals surface area contributed by atoms with E-state index in [0.29, 0.717) is 5.94 Å². The first-order valence-corrected chi connectivity index (χ1v) is 10.3. The minimum atomic E-state index is -1.02. The molecule has 8 heteroatoms. The summed E-state index contributed by atoms with van der Waals surface area (Å²) in [5, 5.41) is 0. The van der Waals surface area contributed by atoms with E-state index < -0.39 is 14.4 Å². The average Bonchev–Trinajstić information content (AvgIpc) is 2.69. The zero-order chi connectivity index (χ0) is 16.0. The van der Waals surface area contributed by atoms with E-state index in [1.807, 2.05) is 6.66 Å². The first-order valence-electron chi connectivity index (χ1n) is 7.06. The zero-order valence-corrected chi connectivity index (χ0v) is 15.2. The molecule has 0 aromatic heterocycles. The van der Waals surface area contributed by atoms with Gasteiger partial charge in [-0.3, -0.25) is 0 Å². The van der Waals surface area contributed by atoms with Gasteiger partial charge in [-0.1, -0.05) is 42.4 Å². The van der Waals surface area contributed by atoms with Crippen molar-refractivity contribution in [2.75, 3.05) is 19.7 Å². The Morgan fingerprint density at radius 1 is 1.40 bits per heavy atom. The van der Waals surface area contributed by atoms with Crippen molar-refractivity contribution in [2.24, 2.45) is 0 Å². The van der Waals surface area contributed by atoms with Gasteiger partial charge in [0.2, 0.25) is 0 Å². The van der Waals surface area contributed by atoms with Gasteiger partial charge in [-0.15, -0.1) is 0 Å². The van der Waals surface area contributed by atoms with Gasteiger partial charge in [0.15, 0.2) is 8.38 Å². The third-order valence-corrected chi connectivity index (χ3v) is 6.54. The normalized spacial score (nSPS) is 33.1. The molecule has 1 saturated heterocycles. The van der Waals surface area contributed by atoms with Crippen molar-refractivity contribution in [1.82, 2.24) is 0 Å². The van der Waals surface area contributed by atoms with Crippen LogP contribution in [0.5, 0.6) is 0 Å². The summed E-state index contributed by atoms with van der Waals surface area (Å²) >= 11 is 0. The van der Waals surface area contributed by atoms with Crippen LogP contribution in [-0.4, -0.2) is 56.6 Å². The van der Waals surface area contributed by atoms with Gasteiger partial charge in [0.05, 0.1) is 6.10 Å². The van der Waals surface area contributed by atoms with Gasteiger partial charge in [0.25, 0.3) is 0 Å². The van der Waals surface area contributed by atoms with Crippen molar-refractivity contribution >= 4 is 37.8 Å². The van der Waals surface area contributed by atoms with E-state index >= 15 is 0 Å². The number of hydrogen-bond acceptors (Lipinski definition) is 6. The van der Waals surface area contributed by atoms with Crippen LogP contribution in [0.3, 0.4) is 0 Å². The van der Waals surface area contributed by atoms with Crippen LogP contribution in [0.15, 0.2) is 0 Å². The molecule has 1 aliphatic heterocycles. The Bertz CT molecular complexity index is 311. The molecule has 0 amide bonds. The van der Waals surface area contributed by atoms with Gasteiger partial charge < -0.3 is 18.5 Å². The second kappa shape index (κ2) is 8.61. The summed E-state index contributed by atoms with van der Waals surface area (Å²) in [6.45, 7) is 8.41. The zero-order valence-electron chi connectivity index (χ0n) is 13.7. The van der Waals surface area contributed by atoms with Crippen molar-refractivity contribution in [2.45, 2.75) is 56.7 Å². The largest absolute Gasteiger partial charge is 0.379 e. The topological polar surface area (TPSA) is 36.9 Å². The van der Waals surface area contributed by atoms with Crippen LogP contribution < -0.4 is 0 Å². The first kappa shape index (κ1) is 17.4. The number of rotatable bonds is 7. The molecule has 5 unspecified atom stereocenters. The van der Waals surface area contributed by atoms with E-state index in [-0.39, 0.29) is 30.0 Å². The number of hydrogen-bond donors (Lipinski definition) is 0. The van der Waals surface area contributed by atoms with Crippen LogP contribution in [0.4, 0.5) is 0 Å². The van der Waals surface area contributed by atoms with Crippen LogP contribution >= 0.6 is 30.0 Å². The quantitative estimate of drug-likeness (QED) is 0.233. The molecule has 0 N–H and O–H groups in total. The molecule has 1 fully saturated rings. The molecule has 20 heavy (non-hydrogen) atoms. The van der Waals surface area contributed by atoms with Crippen molar-refractivity contribution in [1.29, 1.82) is 0 Å². The lowest BCUT2D eigenvalue weighted by atomic mass is 9.93. The molecule has 116 valence electrons. The Balaban J connectivity index is 2.51. The Labute approximate surface area is 134 Å². The lowest BCUT2D eigenvalue weighted by Crippen LogP contribution is -2.36. The van der Waals surface area contributed by atoms with Gasteiger partial charge in [0.1, 0.15) is 26.0 Å². The molecular weight excluding hydrogens is 314 g/mol. The SMILES string of the molecule is [2H]CC1OC([B])C(OCSSC(C)(C)C)C1OP(C)OC. The van der Waals surface area contributed by atoms with E-state index in [9.17, 15) is 0 Å². The Kier molecular flexibility index (Phi) is 7.49. The minimum Gasteiger partial charge on any atom is -0.379 e. The van der Waals surface area contributed by atoms with Crippen molar-refractivity contribution in [3.63, 3.8) is 0 Å². The van der Waals surface area contributed by atoms with Gasteiger partial charge in [-0.05, 0) is 6.90 Å². The number of ether oxygens (including phenoxy) is 2. The van der Waals surface area contributed by atoms with Gasteiger partial charge in [-0.25, -0.2) is 0 Å². The summed E-state index contributed by atoms with van der Waals surface area (Å²) in [5.74, 6) is 0.503. The molecule has 1 aliphatic rings. The summed E-state index contributed by atoms with van der Waals surface area (Å²) in [7, 11) is 9.94. The predicted molar refractivity (Wildman–Crippen MR) is 89.5 cm³/mol. The molecule has 0 saturated carbocycles. The van der Waals surface area contributed by atoms with Crippen molar-refractivity contribution in [3.8, 4) is 0 Å². The van der Waals surface area contributed by atoms with Crippen molar-refractivity contribution in [3.05, 3.63) is 0 Å². The summed E-state index contributed by atoms with van der Waals surface area (Å²) in [6.07, 6.45) is -1.09. The molecule has 0 aromatic rings. The summed E-state index contributed by atoms with van der Waals surface area (Å²) in [6, 6.07) is -0.564. The molecule has 0 bridgehead atoms. The van der Waals surface area contributed by atoms with Crippen molar-refractivity contribution < 1.29 is 19.9 Å². The molecule has 0 aromatic carbocycles. The van der Waals surface area contributed by atoms with E-state index in [0.717, 1.165) is 0 Å². The second-order valence-corrected chi connectivity index (χ2v) is 9.92. The average molecular weight is 339 g/mol. The molecule has 5 atom stereocenters. The van der Waals surface area contributed by atoms with Gasteiger partial charge >= 0.3 is 0 Å². The molecule has 1 rings (SSSR count). The van der Waals surface area contributed by atoms with Crippen LogP contribution in [0.25, 0.3) is 0 Å². The minimum absolute atomic E-state index is 0.0923. The van der Waals surface area contributed by atoms with Gasteiger partial charge in [-0.2, -0.15) is 0 Å². The molecule has 0 aliphatic carbocycles. The monoisotopic (exact) mass is 339 g/mol. The highest BCUT2D eigenvalue weighted by Crippen LogP contribution is 2.40. The highest BCUT2D eigenvalue weighted by atomic mass is 33.1. The Morgan fingerprint density at radius 3 is 2.65 bits per heavy atom. The van der Waals surface area contributed by atoms with E-state index in [1.54, 1.807) is 28.7 Å². The fraction of sp³-hybridized carbons (Fsp3) is 1.00. The fourth-order valence-electron chi connectivity index (χ4n) is 1.59. The highest BCUT2D eigenvalue weighted by molar-refractivity contribution is 8.77. The standard InChI is InChI=1S/C12H24BO4PS2/c1-8-9(17-18(6)14-5)10(11(13)16-8)15-7-19-20-12(2,3)4/h8-11H,7H2,1-6H3/i1D. The van der Waals surface area contributed by atoms with E-state index in [1.165, 1.54) is 0 Å². The van der Waals surface area contributed by atoms with Crippen LogP contribution in [0.1, 0.15) is 29.0 Å². The third kappa shape index (κ3) is 6.43. The highest BCUT2D eigenvalue weighted by Gasteiger charge is 2.42. The second-order valence-electron chi connectivity index (χ2n) is 5.39. The Hall–Kier alpha value is 1.03. The van der Waals surface area contributed by atoms with Crippen LogP contribution in [-0.2, 0) is 18.5 Å². The lowest BCUT2D eigenvalue weighted by molar-refractivity contribution is 0.0131. The lowest BCUT2D eigenvalue weighted by Gasteiger charge is -2.25.